The molecule has 1 nitrogen and oxygen atoms in total. The molecule has 0 amide bonds. The normalized spacial score (nSPS) is 10.2. The summed E-state index contributed by atoms with van der Waals surface area (Å²) in [6.07, 6.45) is 4.41. The van der Waals surface area contributed by atoms with E-state index < -0.39 is 0 Å². The van der Waals surface area contributed by atoms with E-state index in [1.54, 1.807) is 0 Å². The molecule has 0 aliphatic heterocycles. The van der Waals surface area contributed by atoms with E-state index in [-0.39, 0.29) is 0 Å². The molecule has 0 spiro atoms. The van der Waals surface area contributed by atoms with Gasteiger partial charge in [-0.05, 0) is 36.1 Å². The average Bonchev–Trinajstić information content (AvgIpc) is 2.17. The molecular formula is C12H13N. The van der Waals surface area contributed by atoms with E-state index >= 15 is 0 Å². The lowest BCUT2D eigenvalue weighted by molar-refractivity contribution is 1.13. The molecule has 1 aromatic carbocycles. The van der Waals surface area contributed by atoms with Gasteiger partial charge in [0.25, 0.3) is 0 Å². The number of benzene rings is 1. The summed E-state index contributed by atoms with van der Waals surface area (Å²) in [7, 11) is 0. The molecule has 0 N–H and O–H groups in total. The van der Waals surface area contributed by atoms with Crippen LogP contribution in [0, 0.1) is 18.3 Å². The first-order chi connectivity index (χ1) is 6.27. The molecular weight excluding hydrogens is 158 g/mol. The smallest absolute Gasteiger partial charge is 0.0912 e. The Balaban J connectivity index is 3.05. The maximum Gasteiger partial charge on any atom is 0.0912 e. The molecule has 0 bridgehead atoms. The lowest BCUT2D eigenvalue weighted by atomic mass is 10.0. The van der Waals surface area contributed by atoms with Crippen molar-refractivity contribution in [3.63, 3.8) is 0 Å². The summed E-state index contributed by atoms with van der Waals surface area (Å²) < 4.78 is 0. The summed E-state index contributed by atoms with van der Waals surface area (Å²) in [5.74, 6) is 0. The van der Waals surface area contributed by atoms with E-state index in [4.69, 9.17) is 5.26 Å². The molecule has 0 radical (unpaired) electrons. The lowest BCUT2D eigenvalue weighted by Crippen LogP contribution is -1.85. The first-order valence-electron chi connectivity index (χ1n) is 4.43. The van der Waals surface area contributed by atoms with Crippen molar-refractivity contribution < 1.29 is 0 Å². The Morgan fingerprint density at radius 1 is 1.46 bits per heavy atom. The van der Waals surface area contributed by atoms with Crippen molar-refractivity contribution in [2.45, 2.75) is 20.3 Å². The van der Waals surface area contributed by atoms with Crippen molar-refractivity contribution in [3.8, 4) is 6.07 Å². The largest absolute Gasteiger partial charge is 0.193 e. The number of hydrogen-bond donors (Lipinski definition) is 0. The van der Waals surface area contributed by atoms with Gasteiger partial charge in [0, 0.05) is 6.08 Å². The van der Waals surface area contributed by atoms with Crippen LogP contribution in [0.4, 0.5) is 0 Å². The van der Waals surface area contributed by atoms with Crippen molar-refractivity contribution in [1.82, 2.24) is 0 Å². The van der Waals surface area contributed by atoms with Crippen molar-refractivity contribution >= 4 is 6.08 Å². The van der Waals surface area contributed by atoms with Crippen molar-refractivity contribution in [1.29, 1.82) is 5.26 Å². The predicted molar refractivity (Wildman–Crippen MR) is 55.2 cm³/mol. The fraction of sp³-hybridized carbons (Fsp3) is 0.250. The Labute approximate surface area is 79.3 Å². The molecule has 1 aromatic rings. The maximum absolute atomic E-state index is 8.41. The van der Waals surface area contributed by atoms with Crippen LogP contribution in [-0.2, 0) is 6.42 Å². The molecule has 1 heteroatoms. The molecule has 13 heavy (non-hydrogen) atoms. The number of hydrogen-bond acceptors (Lipinski definition) is 1. The Morgan fingerprint density at radius 2 is 2.23 bits per heavy atom. The van der Waals surface area contributed by atoms with E-state index in [1.807, 2.05) is 12.1 Å². The van der Waals surface area contributed by atoms with Crippen molar-refractivity contribution in [2.75, 3.05) is 0 Å². The van der Waals surface area contributed by atoms with Crippen LogP contribution in [0.3, 0.4) is 0 Å². The molecule has 0 heterocycles. The van der Waals surface area contributed by atoms with Gasteiger partial charge in [-0.3, -0.25) is 0 Å². The van der Waals surface area contributed by atoms with E-state index in [2.05, 4.69) is 32.0 Å². The summed E-state index contributed by atoms with van der Waals surface area (Å²) >= 11 is 0. The summed E-state index contributed by atoms with van der Waals surface area (Å²) in [5, 5.41) is 8.41. The van der Waals surface area contributed by atoms with E-state index in [9.17, 15) is 0 Å². The van der Waals surface area contributed by atoms with E-state index in [1.165, 1.54) is 17.2 Å². The Bertz CT molecular complexity index is 356. The summed E-state index contributed by atoms with van der Waals surface area (Å²) in [4.78, 5) is 0. The minimum absolute atomic E-state index is 1.04. The van der Waals surface area contributed by atoms with Gasteiger partial charge in [0.1, 0.15) is 0 Å². The Hall–Kier alpha value is -1.55. The monoisotopic (exact) mass is 171 g/mol. The fourth-order valence-electron chi connectivity index (χ4n) is 1.22. The van der Waals surface area contributed by atoms with Crippen LogP contribution in [0.15, 0.2) is 24.3 Å². The zero-order chi connectivity index (χ0) is 9.68. The quantitative estimate of drug-likeness (QED) is 0.627. The third kappa shape index (κ3) is 2.45. The first-order valence-corrected chi connectivity index (χ1v) is 4.43. The van der Waals surface area contributed by atoms with Gasteiger partial charge in [0.2, 0.25) is 0 Å². The van der Waals surface area contributed by atoms with Crippen LogP contribution in [0.5, 0.6) is 0 Å². The summed E-state index contributed by atoms with van der Waals surface area (Å²) in [5.41, 5.74) is 3.66. The van der Waals surface area contributed by atoms with Gasteiger partial charge in [-0.15, -0.1) is 0 Å². The lowest BCUT2D eigenvalue weighted by Gasteiger charge is -2.02. The highest BCUT2D eigenvalue weighted by Crippen LogP contribution is 2.13. The minimum Gasteiger partial charge on any atom is -0.193 e. The third-order valence-corrected chi connectivity index (χ3v) is 2.09. The molecule has 0 aromatic heterocycles. The van der Waals surface area contributed by atoms with Crippen molar-refractivity contribution in [2.24, 2.45) is 0 Å². The van der Waals surface area contributed by atoms with Gasteiger partial charge < -0.3 is 0 Å². The molecule has 0 fully saturated rings. The van der Waals surface area contributed by atoms with Gasteiger partial charge >= 0.3 is 0 Å². The topological polar surface area (TPSA) is 23.8 Å². The van der Waals surface area contributed by atoms with Crippen LogP contribution >= 0.6 is 0 Å². The van der Waals surface area contributed by atoms with Crippen molar-refractivity contribution in [3.05, 3.63) is 41.0 Å². The standard InChI is InChI=1S/C12H13N/c1-3-11-7-6-10(2)12(9-11)5-4-8-13/h4-7,9H,3H2,1-2H3/b5-4+. The SMILES string of the molecule is CCc1ccc(C)c(/C=C/C#N)c1. The number of rotatable bonds is 2. The molecule has 1 rings (SSSR count). The van der Waals surface area contributed by atoms with Crippen LogP contribution in [-0.4, -0.2) is 0 Å². The molecule has 0 atom stereocenters. The second-order valence-corrected chi connectivity index (χ2v) is 3.01. The van der Waals surface area contributed by atoms with Crippen LogP contribution in [0.25, 0.3) is 6.08 Å². The van der Waals surface area contributed by atoms with Crippen LogP contribution < -0.4 is 0 Å². The molecule has 0 saturated carbocycles. The second-order valence-electron chi connectivity index (χ2n) is 3.01. The zero-order valence-electron chi connectivity index (χ0n) is 8.04. The Kier molecular flexibility index (Phi) is 3.28. The molecule has 66 valence electrons. The fourth-order valence-corrected chi connectivity index (χ4v) is 1.22. The zero-order valence-corrected chi connectivity index (χ0v) is 8.04. The highest BCUT2D eigenvalue weighted by Gasteiger charge is 1.95. The van der Waals surface area contributed by atoms with Crippen LogP contribution in [0.1, 0.15) is 23.6 Å². The molecule has 0 aliphatic carbocycles. The highest BCUT2D eigenvalue weighted by atomic mass is 14.2. The number of nitrogens with zero attached hydrogens (tertiary/aromatic N) is 1. The van der Waals surface area contributed by atoms with Crippen LogP contribution in [0.2, 0.25) is 0 Å². The number of nitriles is 1. The van der Waals surface area contributed by atoms with Gasteiger partial charge in [-0.25, -0.2) is 0 Å². The van der Waals surface area contributed by atoms with E-state index in [0.29, 0.717) is 0 Å². The summed E-state index contributed by atoms with van der Waals surface area (Å²) in [6.45, 7) is 4.18. The predicted octanol–water partition coefficient (Wildman–Crippen LogP) is 3.09. The second kappa shape index (κ2) is 4.47. The average molecular weight is 171 g/mol. The molecule has 0 aliphatic rings. The van der Waals surface area contributed by atoms with Gasteiger partial charge in [-0.1, -0.05) is 25.1 Å². The van der Waals surface area contributed by atoms with Gasteiger partial charge in [0.15, 0.2) is 0 Å². The number of aryl methyl sites for hydroxylation is 2. The molecule has 0 saturated heterocycles. The molecule has 0 unspecified atom stereocenters. The third-order valence-electron chi connectivity index (χ3n) is 2.09. The number of allylic oxidation sites excluding steroid dienone is 1. The van der Waals surface area contributed by atoms with Gasteiger partial charge in [0.05, 0.1) is 6.07 Å². The summed E-state index contributed by atoms with van der Waals surface area (Å²) in [6, 6.07) is 8.35. The highest BCUT2D eigenvalue weighted by molar-refractivity contribution is 5.56. The maximum atomic E-state index is 8.41. The van der Waals surface area contributed by atoms with Gasteiger partial charge in [-0.2, -0.15) is 5.26 Å². The Morgan fingerprint density at radius 3 is 2.85 bits per heavy atom. The minimum atomic E-state index is 1.04. The first kappa shape index (κ1) is 9.54. The van der Waals surface area contributed by atoms with E-state index in [0.717, 1.165) is 12.0 Å².